The fraction of sp³-hybridized carbons (Fsp3) is 0.550. The molecular weight excluding hydrogens is 286 g/mol. The fourth-order valence-electron chi connectivity index (χ4n) is 3.88. The molecule has 23 heavy (non-hydrogen) atoms. The zero-order valence-corrected chi connectivity index (χ0v) is 14.7. The van der Waals surface area contributed by atoms with Crippen molar-refractivity contribution in [3.8, 4) is 0 Å². The molecule has 1 aromatic carbocycles. The van der Waals surface area contributed by atoms with Crippen molar-refractivity contribution >= 4 is 16.9 Å². The molecule has 3 heteroatoms. The van der Waals surface area contributed by atoms with Gasteiger partial charge >= 0.3 is 0 Å². The number of hydrogen-bond donors (Lipinski definition) is 0. The molecule has 1 heterocycles. The lowest BCUT2D eigenvalue weighted by molar-refractivity contribution is -0.134. The lowest BCUT2D eigenvalue weighted by Crippen LogP contribution is -2.44. The summed E-state index contributed by atoms with van der Waals surface area (Å²) in [5.41, 5.74) is 4.32. The van der Waals surface area contributed by atoms with Crippen molar-refractivity contribution in [3.05, 3.63) is 35.1 Å². The summed E-state index contributed by atoms with van der Waals surface area (Å²) in [5.74, 6) is 0.229. The van der Waals surface area contributed by atoms with E-state index in [0.717, 1.165) is 34.9 Å². The highest BCUT2D eigenvalue weighted by molar-refractivity contribution is 5.89. The number of rotatable bonds is 4. The minimum Gasteiger partial charge on any atom is -0.464 e. The molecule has 0 aliphatic heterocycles. The van der Waals surface area contributed by atoms with Crippen LogP contribution in [0, 0.1) is 13.8 Å². The van der Waals surface area contributed by atoms with Crippen molar-refractivity contribution in [2.24, 2.45) is 0 Å². The van der Waals surface area contributed by atoms with Gasteiger partial charge in [0.15, 0.2) is 0 Å². The SMILES string of the molecule is Cc1ccc2c(CC(=O)N(C(C)C)C3CCCC3)coc2c1C. The van der Waals surface area contributed by atoms with Gasteiger partial charge in [0.1, 0.15) is 5.58 Å². The molecule has 3 nitrogen and oxygen atoms in total. The van der Waals surface area contributed by atoms with Crippen LogP contribution in [-0.2, 0) is 11.2 Å². The van der Waals surface area contributed by atoms with Gasteiger partial charge in [0.25, 0.3) is 0 Å². The summed E-state index contributed by atoms with van der Waals surface area (Å²) in [7, 11) is 0. The Hall–Kier alpha value is -1.77. The van der Waals surface area contributed by atoms with Crippen LogP contribution in [0.1, 0.15) is 56.2 Å². The molecule has 0 unspecified atom stereocenters. The van der Waals surface area contributed by atoms with Crippen LogP contribution in [0.3, 0.4) is 0 Å². The minimum atomic E-state index is 0.229. The van der Waals surface area contributed by atoms with Crippen LogP contribution in [0.25, 0.3) is 11.0 Å². The van der Waals surface area contributed by atoms with E-state index < -0.39 is 0 Å². The van der Waals surface area contributed by atoms with Crippen molar-refractivity contribution in [2.75, 3.05) is 0 Å². The lowest BCUT2D eigenvalue weighted by atomic mass is 10.0. The van der Waals surface area contributed by atoms with Gasteiger partial charge in [-0.25, -0.2) is 0 Å². The second kappa shape index (κ2) is 6.38. The van der Waals surface area contributed by atoms with Crippen molar-refractivity contribution in [1.82, 2.24) is 4.90 Å². The van der Waals surface area contributed by atoms with Gasteiger partial charge in [0.2, 0.25) is 5.91 Å². The number of benzene rings is 1. The van der Waals surface area contributed by atoms with E-state index in [4.69, 9.17) is 4.42 Å². The zero-order chi connectivity index (χ0) is 16.6. The lowest BCUT2D eigenvalue weighted by Gasteiger charge is -2.33. The average molecular weight is 313 g/mol. The van der Waals surface area contributed by atoms with Crippen LogP contribution < -0.4 is 0 Å². The molecule has 1 amide bonds. The number of amides is 1. The zero-order valence-electron chi connectivity index (χ0n) is 14.7. The normalized spacial score (nSPS) is 15.7. The van der Waals surface area contributed by atoms with Gasteiger partial charge in [-0.05, 0) is 51.7 Å². The molecule has 0 N–H and O–H groups in total. The molecule has 0 radical (unpaired) electrons. The van der Waals surface area contributed by atoms with Gasteiger partial charge in [-0.3, -0.25) is 4.79 Å². The first-order valence-electron chi connectivity index (χ1n) is 8.76. The van der Waals surface area contributed by atoms with Crippen molar-refractivity contribution in [2.45, 2.75) is 71.9 Å². The monoisotopic (exact) mass is 313 g/mol. The van der Waals surface area contributed by atoms with Gasteiger partial charge in [-0.2, -0.15) is 0 Å². The first kappa shape index (κ1) is 16.1. The van der Waals surface area contributed by atoms with Crippen LogP contribution in [0.5, 0.6) is 0 Å². The molecule has 3 rings (SSSR count). The molecule has 2 aromatic rings. The Morgan fingerprint density at radius 1 is 1.26 bits per heavy atom. The highest BCUT2D eigenvalue weighted by Crippen LogP contribution is 2.29. The van der Waals surface area contributed by atoms with E-state index in [0.29, 0.717) is 12.5 Å². The molecule has 0 saturated heterocycles. The summed E-state index contributed by atoms with van der Waals surface area (Å²) in [5, 5.41) is 1.08. The Labute approximate surface area is 138 Å². The quantitative estimate of drug-likeness (QED) is 0.814. The number of furan rings is 1. The first-order valence-corrected chi connectivity index (χ1v) is 8.76. The molecule has 1 saturated carbocycles. The third-order valence-corrected chi connectivity index (χ3v) is 5.25. The molecule has 0 spiro atoms. The maximum atomic E-state index is 12.9. The number of fused-ring (bicyclic) bond motifs is 1. The summed E-state index contributed by atoms with van der Waals surface area (Å²) in [6, 6.07) is 4.87. The smallest absolute Gasteiger partial charge is 0.227 e. The van der Waals surface area contributed by atoms with E-state index in [9.17, 15) is 4.79 Å². The van der Waals surface area contributed by atoms with Crippen LogP contribution in [-0.4, -0.2) is 22.9 Å². The van der Waals surface area contributed by atoms with Gasteiger partial charge < -0.3 is 9.32 Å². The minimum absolute atomic E-state index is 0.229. The van der Waals surface area contributed by atoms with Crippen molar-refractivity contribution < 1.29 is 9.21 Å². The third-order valence-electron chi connectivity index (χ3n) is 5.25. The maximum absolute atomic E-state index is 12.9. The van der Waals surface area contributed by atoms with Crippen molar-refractivity contribution in [1.29, 1.82) is 0 Å². The van der Waals surface area contributed by atoms with E-state index >= 15 is 0 Å². The first-order chi connectivity index (χ1) is 11.0. The van der Waals surface area contributed by atoms with Crippen molar-refractivity contribution in [3.63, 3.8) is 0 Å². The summed E-state index contributed by atoms with van der Waals surface area (Å²) in [6.45, 7) is 8.41. The molecule has 0 atom stereocenters. The molecule has 124 valence electrons. The van der Waals surface area contributed by atoms with Crippen LogP contribution >= 0.6 is 0 Å². The second-order valence-electron chi connectivity index (χ2n) is 7.15. The summed E-state index contributed by atoms with van der Waals surface area (Å²) in [4.78, 5) is 15.0. The Bertz CT molecular complexity index is 708. The van der Waals surface area contributed by atoms with E-state index in [1.165, 1.54) is 18.4 Å². The van der Waals surface area contributed by atoms with E-state index in [1.807, 2.05) is 0 Å². The molecule has 1 fully saturated rings. The Morgan fingerprint density at radius 2 is 1.96 bits per heavy atom. The molecule has 1 aromatic heterocycles. The summed E-state index contributed by atoms with van der Waals surface area (Å²) >= 11 is 0. The van der Waals surface area contributed by atoms with Crippen LogP contribution in [0.15, 0.2) is 22.8 Å². The largest absolute Gasteiger partial charge is 0.464 e. The number of carbonyl (C=O) groups excluding carboxylic acids is 1. The summed E-state index contributed by atoms with van der Waals surface area (Å²) < 4.78 is 5.76. The third kappa shape index (κ3) is 3.01. The van der Waals surface area contributed by atoms with Gasteiger partial charge in [-0.1, -0.05) is 25.0 Å². The van der Waals surface area contributed by atoms with Crippen LogP contribution in [0.2, 0.25) is 0 Å². The maximum Gasteiger partial charge on any atom is 0.227 e. The number of aryl methyl sites for hydroxylation is 2. The fourth-order valence-corrected chi connectivity index (χ4v) is 3.88. The average Bonchev–Trinajstić information content (AvgIpc) is 3.13. The Kier molecular flexibility index (Phi) is 4.47. The molecule has 1 aliphatic carbocycles. The molecular formula is C20H27NO2. The summed E-state index contributed by atoms with van der Waals surface area (Å²) in [6.07, 6.45) is 6.98. The molecule has 1 aliphatic rings. The van der Waals surface area contributed by atoms with Crippen LogP contribution in [0.4, 0.5) is 0 Å². The predicted molar refractivity (Wildman–Crippen MR) is 93.6 cm³/mol. The van der Waals surface area contributed by atoms with E-state index in [1.54, 1.807) is 6.26 Å². The molecule has 0 bridgehead atoms. The topological polar surface area (TPSA) is 33.5 Å². The van der Waals surface area contributed by atoms with Gasteiger partial charge in [0, 0.05) is 23.0 Å². The standard InChI is InChI=1S/C20H27NO2/c1-13(2)21(17-7-5-6-8-17)19(22)11-16-12-23-20-15(4)14(3)9-10-18(16)20/h9-10,12-13,17H,5-8,11H2,1-4H3. The van der Waals surface area contributed by atoms with Gasteiger partial charge in [-0.15, -0.1) is 0 Å². The Balaban J connectivity index is 1.85. The van der Waals surface area contributed by atoms with E-state index in [2.05, 4.69) is 44.7 Å². The Morgan fingerprint density at radius 3 is 2.61 bits per heavy atom. The van der Waals surface area contributed by atoms with E-state index in [-0.39, 0.29) is 11.9 Å². The number of carbonyl (C=O) groups is 1. The number of hydrogen-bond acceptors (Lipinski definition) is 2. The van der Waals surface area contributed by atoms with Gasteiger partial charge in [0.05, 0.1) is 12.7 Å². The predicted octanol–water partition coefficient (Wildman–Crippen LogP) is 4.77. The second-order valence-corrected chi connectivity index (χ2v) is 7.15. The highest BCUT2D eigenvalue weighted by atomic mass is 16.3. The number of nitrogens with zero attached hydrogens (tertiary/aromatic N) is 1. The highest BCUT2D eigenvalue weighted by Gasteiger charge is 2.29.